The van der Waals surface area contributed by atoms with E-state index in [1.807, 2.05) is 23.9 Å². The molecule has 0 spiro atoms. The van der Waals surface area contributed by atoms with Crippen LogP contribution < -0.4 is 11.3 Å². The molecule has 1 atom stereocenters. The van der Waals surface area contributed by atoms with Crippen LogP contribution in [0.25, 0.3) is 0 Å². The highest BCUT2D eigenvalue weighted by Gasteiger charge is 2.09. The molecule has 1 aromatic heterocycles. The second-order valence-electron chi connectivity index (χ2n) is 4.08. The maximum absolute atomic E-state index is 5.50. The molecular weight excluding hydrogens is 208 g/mol. The molecule has 4 heteroatoms. The Kier molecular flexibility index (Phi) is 5.83. The van der Waals surface area contributed by atoms with Crippen LogP contribution in [0.1, 0.15) is 19.6 Å². The van der Waals surface area contributed by atoms with Gasteiger partial charge in [0.1, 0.15) is 5.76 Å². The summed E-state index contributed by atoms with van der Waals surface area (Å²) in [6.45, 7) is 4.45. The summed E-state index contributed by atoms with van der Waals surface area (Å²) in [5.41, 5.74) is 2.83. The standard InChI is InChI=1S/C11H20N2OS/c1-9(2)7-15-8-10(13-12)6-11-4-3-5-14-11/h3-5,9-10,13H,6-8,12H2,1-2H3. The molecule has 0 aromatic carbocycles. The van der Waals surface area contributed by atoms with Crippen LogP contribution in [0.5, 0.6) is 0 Å². The smallest absolute Gasteiger partial charge is 0.105 e. The average molecular weight is 228 g/mol. The molecule has 3 N–H and O–H groups in total. The van der Waals surface area contributed by atoms with E-state index >= 15 is 0 Å². The molecule has 1 aromatic rings. The first-order valence-electron chi connectivity index (χ1n) is 5.28. The van der Waals surface area contributed by atoms with E-state index in [-0.39, 0.29) is 0 Å². The Morgan fingerprint density at radius 2 is 2.27 bits per heavy atom. The number of hydrogen-bond acceptors (Lipinski definition) is 4. The Balaban J connectivity index is 2.24. The lowest BCUT2D eigenvalue weighted by molar-refractivity contribution is 0.465. The number of nitrogens with one attached hydrogen (secondary N) is 1. The highest BCUT2D eigenvalue weighted by atomic mass is 32.2. The quantitative estimate of drug-likeness (QED) is 0.554. The van der Waals surface area contributed by atoms with E-state index in [2.05, 4.69) is 19.3 Å². The van der Waals surface area contributed by atoms with Gasteiger partial charge < -0.3 is 4.42 Å². The summed E-state index contributed by atoms with van der Waals surface area (Å²) in [7, 11) is 0. The van der Waals surface area contributed by atoms with Crippen LogP contribution in [0, 0.1) is 5.92 Å². The van der Waals surface area contributed by atoms with Crippen LogP contribution >= 0.6 is 11.8 Å². The molecule has 0 radical (unpaired) electrons. The molecule has 15 heavy (non-hydrogen) atoms. The van der Waals surface area contributed by atoms with Crippen LogP contribution in [0.15, 0.2) is 22.8 Å². The van der Waals surface area contributed by atoms with Crippen molar-refractivity contribution in [3.8, 4) is 0 Å². The minimum absolute atomic E-state index is 0.292. The second-order valence-corrected chi connectivity index (χ2v) is 5.15. The van der Waals surface area contributed by atoms with Gasteiger partial charge in [-0.05, 0) is 23.8 Å². The third-order valence-electron chi connectivity index (χ3n) is 2.03. The SMILES string of the molecule is CC(C)CSCC(Cc1ccco1)NN. The Labute approximate surface area is 95.8 Å². The summed E-state index contributed by atoms with van der Waals surface area (Å²) in [5, 5.41) is 0. The van der Waals surface area contributed by atoms with E-state index in [4.69, 9.17) is 10.3 Å². The van der Waals surface area contributed by atoms with E-state index in [9.17, 15) is 0 Å². The molecule has 1 rings (SSSR count). The summed E-state index contributed by atoms with van der Waals surface area (Å²) in [4.78, 5) is 0. The van der Waals surface area contributed by atoms with Gasteiger partial charge in [0.25, 0.3) is 0 Å². The first-order valence-corrected chi connectivity index (χ1v) is 6.44. The molecule has 1 heterocycles. The number of rotatable bonds is 7. The molecular formula is C11H20N2OS. The Hall–Kier alpha value is -0.450. The zero-order valence-corrected chi connectivity index (χ0v) is 10.2. The van der Waals surface area contributed by atoms with Crippen LogP contribution in [-0.2, 0) is 6.42 Å². The van der Waals surface area contributed by atoms with E-state index in [0.717, 1.165) is 23.9 Å². The van der Waals surface area contributed by atoms with Gasteiger partial charge in [0, 0.05) is 18.2 Å². The fraction of sp³-hybridized carbons (Fsp3) is 0.636. The van der Waals surface area contributed by atoms with E-state index in [1.165, 1.54) is 5.75 Å². The van der Waals surface area contributed by atoms with E-state index in [1.54, 1.807) is 6.26 Å². The molecule has 1 unspecified atom stereocenters. The van der Waals surface area contributed by atoms with Crippen LogP contribution in [0.2, 0.25) is 0 Å². The minimum Gasteiger partial charge on any atom is -0.469 e. The summed E-state index contributed by atoms with van der Waals surface area (Å²) in [6.07, 6.45) is 2.55. The molecule has 3 nitrogen and oxygen atoms in total. The lowest BCUT2D eigenvalue weighted by Crippen LogP contribution is -2.38. The van der Waals surface area contributed by atoms with Gasteiger partial charge in [-0.2, -0.15) is 11.8 Å². The number of hydrazine groups is 1. The third-order valence-corrected chi connectivity index (χ3v) is 3.57. The van der Waals surface area contributed by atoms with E-state index < -0.39 is 0 Å². The first-order chi connectivity index (χ1) is 7.22. The van der Waals surface area contributed by atoms with Gasteiger partial charge in [-0.25, -0.2) is 0 Å². The van der Waals surface area contributed by atoms with Crippen molar-refractivity contribution in [2.24, 2.45) is 11.8 Å². The van der Waals surface area contributed by atoms with E-state index in [0.29, 0.717) is 6.04 Å². The number of hydrogen-bond donors (Lipinski definition) is 2. The number of nitrogens with two attached hydrogens (primary N) is 1. The molecule has 86 valence electrons. The van der Waals surface area contributed by atoms with Crippen molar-refractivity contribution < 1.29 is 4.42 Å². The third kappa shape index (κ3) is 5.25. The summed E-state index contributed by atoms with van der Waals surface area (Å²) >= 11 is 1.93. The number of furan rings is 1. The molecule has 0 fully saturated rings. The topological polar surface area (TPSA) is 51.2 Å². The maximum Gasteiger partial charge on any atom is 0.105 e. The maximum atomic E-state index is 5.50. The van der Waals surface area contributed by atoms with Crippen molar-refractivity contribution in [3.63, 3.8) is 0 Å². The lowest BCUT2D eigenvalue weighted by atomic mass is 10.2. The molecule has 0 aliphatic rings. The zero-order valence-electron chi connectivity index (χ0n) is 9.40. The van der Waals surface area contributed by atoms with Gasteiger partial charge in [-0.15, -0.1) is 0 Å². The van der Waals surface area contributed by atoms with Gasteiger partial charge >= 0.3 is 0 Å². The predicted octanol–water partition coefficient (Wildman–Crippen LogP) is 2.04. The van der Waals surface area contributed by atoms with Gasteiger partial charge in [-0.3, -0.25) is 11.3 Å². The molecule has 0 aliphatic carbocycles. The Morgan fingerprint density at radius 1 is 1.47 bits per heavy atom. The van der Waals surface area contributed by atoms with Crippen molar-refractivity contribution in [3.05, 3.63) is 24.2 Å². The Morgan fingerprint density at radius 3 is 2.80 bits per heavy atom. The highest BCUT2D eigenvalue weighted by Crippen LogP contribution is 2.12. The molecule has 0 saturated heterocycles. The van der Waals surface area contributed by atoms with Gasteiger partial charge in [0.2, 0.25) is 0 Å². The minimum atomic E-state index is 0.292. The normalized spacial score (nSPS) is 13.3. The second kappa shape index (κ2) is 6.93. The van der Waals surface area contributed by atoms with Crippen molar-refractivity contribution in [2.45, 2.75) is 26.3 Å². The zero-order chi connectivity index (χ0) is 11.1. The molecule has 0 amide bonds. The Bertz CT molecular complexity index is 249. The largest absolute Gasteiger partial charge is 0.469 e. The number of thioether (sulfide) groups is 1. The first kappa shape index (κ1) is 12.6. The van der Waals surface area contributed by atoms with Crippen LogP contribution in [0.4, 0.5) is 0 Å². The van der Waals surface area contributed by atoms with Crippen LogP contribution in [0.3, 0.4) is 0 Å². The summed E-state index contributed by atoms with van der Waals surface area (Å²) in [6, 6.07) is 4.18. The summed E-state index contributed by atoms with van der Waals surface area (Å²) in [5.74, 6) is 9.42. The molecule has 0 aliphatic heterocycles. The average Bonchev–Trinajstić information content (AvgIpc) is 2.68. The lowest BCUT2D eigenvalue weighted by Gasteiger charge is -2.14. The van der Waals surface area contributed by atoms with Crippen LogP contribution in [-0.4, -0.2) is 17.5 Å². The van der Waals surface area contributed by atoms with Crippen molar-refractivity contribution in [1.29, 1.82) is 0 Å². The van der Waals surface area contributed by atoms with Gasteiger partial charge in [0.05, 0.1) is 6.26 Å². The van der Waals surface area contributed by atoms with Crippen molar-refractivity contribution in [2.75, 3.05) is 11.5 Å². The predicted molar refractivity (Wildman–Crippen MR) is 65.7 cm³/mol. The summed E-state index contributed by atoms with van der Waals surface area (Å²) < 4.78 is 5.29. The highest BCUT2D eigenvalue weighted by molar-refractivity contribution is 7.99. The molecule has 0 bridgehead atoms. The fourth-order valence-electron chi connectivity index (χ4n) is 1.28. The van der Waals surface area contributed by atoms with Crippen molar-refractivity contribution >= 4 is 11.8 Å². The molecule has 0 saturated carbocycles. The van der Waals surface area contributed by atoms with Crippen molar-refractivity contribution in [1.82, 2.24) is 5.43 Å². The van der Waals surface area contributed by atoms with Gasteiger partial charge in [-0.1, -0.05) is 13.8 Å². The van der Waals surface area contributed by atoms with Gasteiger partial charge in [0.15, 0.2) is 0 Å². The fourth-order valence-corrected chi connectivity index (χ4v) is 2.39. The monoisotopic (exact) mass is 228 g/mol.